The van der Waals surface area contributed by atoms with Crippen molar-refractivity contribution in [1.82, 2.24) is 0 Å². The van der Waals surface area contributed by atoms with Crippen molar-refractivity contribution < 1.29 is 14.5 Å². The summed E-state index contributed by atoms with van der Waals surface area (Å²) in [4.78, 5) is 34.4. The number of nitrogens with zero attached hydrogens (tertiary/aromatic N) is 1. The lowest BCUT2D eigenvalue weighted by atomic mass is 10.1. The highest BCUT2D eigenvalue weighted by atomic mass is 16.6. The number of benzene rings is 2. The molecule has 0 aliphatic heterocycles. The maximum absolute atomic E-state index is 12.1. The molecule has 0 radical (unpaired) electrons. The molecule has 0 heterocycles. The number of amides is 2. The fourth-order valence-electron chi connectivity index (χ4n) is 3.64. The van der Waals surface area contributed by atoms with Crippen molar-refractivity contribution in [3.8, 4) is 0 Å². The number of nitrogens with one attached hydrogen (secondary N) is 2. The van der Waals surface area contributed by atoms with Crippen molar-refractivity contribution in [2.45, 2.75) is 71.1 Å². The van der Waals surface area contributed by atoms with Crippen LogP contribution < -0.4 is 10.6 Å². The highest BCUT2D eigenvalue weighted by Crippen LogP contribution is 2.19. The summed E-state index contributed by atoms with van der Waals surface area (Å²) in [6, 6.07) is 13.7. The lowest BCUT2D eigenvalue weighted by Gasteiger charge is -2.07. The van der Waals surface area contributed by atoms with Gasteiger partial charge in [0.1, 0.15) is 0 Å². The van der Waals surface area contributed by atoms with Gasteiger partial charge in [-0.3, -0.25) is 19.7 Å². The molecule has 0 spiro atoms. The van der Waals surface area contributed by atoms with E-state index in [9.17, 15) is 19.7 Å². The zero-order valence-corrected chi connectivity index (χ0v) is 20.0. The predicted octanol–water partition coefficient (Wildman–Crippen LogP) is 7.11. The maximum atomic E-state index is 12.1. The Morgan fingerprint density at radius 1 is 0.794 bits per heavy atom. The van der Waals surface area contributed by atoms with Gasteiger partial charge in [-0.15, -0.1) is 0 Å². The van der Waals surface area contributed by atoms with Gasteiger partial charge in [0.25, 0.3) is 5.69 Å². The third-order valence-corrected chi connectivity index (χ3v) is 5.54. The standard InChI is InChI=1S/C27H35N3O4/c1-21(2)22-13-11-14-23(19-22)28-26(31)17-9-7-5-3-4-6-8-10-18-27(32)29-24-15-12-16-25(20-24)30(33)34/h11-16,19-20H,1,3-10,17-18H2,2H3,(H,28,31)(H,29,32). The van der Waals surface area contributed by atoms with E-state index >= 15 is 0 Å². The third kappa shape index (κ3) is 10.4. The molecule has 2 aromatic rings. The van der Waals surface area contributed by atoms with E-state index in [1.807, 2.05) is 31.2 Å². The van der Waals surface area contributed by atoms with Gasteiger partial charge in [0.2, 0.25) is 11.8 Å². The number of carbonyl (C=O) groups excluding carboxylic acids is 2. The molecule has 7 heteroatoms. The number of non-ortho nitro benzene ring substituents is 1. The van der Waals surface area contributed by atoms with E-state index in [-0.39, 0.29) is 17.5 Å². The molecule has 0 atom stereocenters. The first-order valence-corrected chi connectivity index (χ1v) is 12.0. The number of hydrogen-bond acceptors (Lipinski definition) is 4. The van der Waals surface area contributed by atoms with Gasteiger partial charge in [-0.25, -0.2) is 0 Å². The minimum absolute atomic E-state index is 0.0354. The second-order valence-electron chi connectivity index (χ2n) is 8.59. The molecule has 0 bridgehead atoms. The average Bonchev–Trinajstić information content (AvgIpc) is 2.80. The molecule has 34 heavy (non-hydrogen) atoms. The molecule has 0 fully saturated rings. The minimum atomic E-state index is -0.477. The molecule has 0 unspecified atom stereocenters. The molecule has 2 N–H and O–H groups in total. The molecule has 2 aromatic carbocycles. The number of carbonyl (C=O) groups is 2. The van der Waals surface area contributed by atoms with Crippen LogP contribution in [0.3, 0.4) is 0 Å². The largest absolute Gasteiger partial charge is 0.326 e. The van der Waals surface area contributed by atoms with E-state index in [0.29, 0.717) is 18.5 Å². The van der Waals surface area contributed by atoms with Gasteiger partial charge >= 0.3 is 0 Å². The summed E-state index contributed by atoms with van der Waals surface area (Å²) in [6.07, 6.45) is 9.05. The highest BCUT2D eigenvalue weighted by Gasteiger charge is 2.08. The van der Waals surface area contributed by atoms with E-state index < -0.39 is 4.92 Å². The Kier molecular flexibility index (Phi) is 11.5. The Bertz CT molecular complexity index is 908. The van der Waals surface area contributed by atoms with Crippen LogP contribution in [0.5, 0.6) is 0 Å². The van der Waals surface area contributed by atoms with E-state index in [1.54, 1.807) is 12.1 Å². The van der Waals surface area contributed by atoms with Gasteiger partial charge in [-0.05, 0) is 43.5 Å². The average molecular weight is 466 g/mol. The fraction of sp³-hybridized carbons (Fsp3) is 0.407. The van der Waals surface area contributed by atoms with E-state index in [2.05, 4.69) is 17.2 Å². The van der Waals surface area contributed by atoms with Crippen molar-refractivity contribution in [1.29, 1.82) is 0 Å². The molecule has 0 saturated carbocycles. The van der Waals surface area contributed by atoms with Gasteiger partial charge in [0.05, 0.1) is 4.92 Å². The van der Waals surface area contributed by atoms with E-state index in [0.717, 1.165) is 68.2 Å². The molecule has 182 valence electrons. The summed E-state index contributed by atoms with van der Waals surface area (Å²) in [5.74, 6) is -0.0765. The van der Waals surface area contributed by atoms with Crippen molar-refractivity contribution >= 4 is 34.4 Å². The number of anilines is 2. The quantitative estimate of drug-likeness (QED) is 0.166. The molecule has 0 aliphatic rings. The van der Waals surface area contributed by atoms with Crippen LogP contribution >= 0.6 is 0 Å². The summed E-state index contributed by atoms with van der Waals surface area (Å²) in [5, 5.41) is 16.5. The zero-order valence-electron chi connectivity index (χ0n) is 20.0. The molecule has 7 nitrogen and oxygen atoms in total. The minimum Gasteiger partial charge on any atom is -0.326 e. The second kappa shape index (κ2) is 14.6. The van der Waals surface area contributed by atoms with Crippen LogP contribution in [0.2, 0.25) is 0 Å². The summed E-state index contributed by atoms with van der Waals surface area (Å²) in [7, 11) is 0. The third-order valence-electron chi connectivity index (χ3n) is 5.54. The SMILES string of the molecule is C=C(C)c1cccc(NC(=O)CCCCCCCCCCC(=O)Nc2cccc([N+](=O)[O-])c2)c1. The Hall–Kier alpha value is -3.48. The van der Waals surface area contributed by atoms with Crippen LogP contribution in [0.1, 0.15) is 76.7 Å². The first kappa shape index (κ1) is 26.8. The molecule has 0 saturated heterocycles. The first-order chi connectivity index (χ1) is 16.3. The topological polar surface area (TPSA) is 101 Å². The van der Waals surface area contributed by atoms with Crippen LogP contribution in [-0.2, 0) is 9.59 Å². The number of hydrogen-bond donors (Lipinski definition) is 2. The fourth-order valence-corrected chi connectivity index (χ4v) is 3.64. The van der Waals surface area contributed by atoms with Crippen molar-refractivity contribution in [2.24, 2.45) is 0 Å². The summed E-state index contributed by atoms with van der Waals surface area (Å²) < 4.78 is 0. The van der Waals surface area contributed by atoms with Crippen molar-refractivity contribution in [2.75, 3.05) is 10.6 Å². The summed E-state index contributed by atoms with van der Waals surface area (Å²) in [6.45, 7) is 5.87. The maximum Gasteiger partial charge on any atom is 0.271 e. The van der Waals surface area contributed by atoms with E-state index in [4.69, 9.17) is 0 Å². The Labute approximate surface area is 201 Å². The number of nitro groups is 1. The number of nitro benzene ring substituents is 1. The van der Waals surface area contributed by atoms with Gasteiger partial charge in [0.15, 0.2) is 0 Å². The Morgan fingerprint density at radius 3 is 1.76 bits per heavy atom. The van der Waals surface area contributed by atoms with E-state index in [1.165, 1.54) is 12.1 Å². The molecular weight excluding hydrogens is 430 g/mol. The molecular formula is C27H35N3O4. The molecule has 0 aromatic heterocycles. The first-order valence-electron chi connectivity index (χ1n) is 12.0. The number of rotatable bonds is 15. The van der Waals surface area contributed by atoms with Crippen LogP contribution in [0.15, 0.2) is 55.1 Å². The van der Waals surface area contributed by atoms with Crippen LogP contribution in [0.25, 0.3) is 5.57 Å². The smallest absolute Gasteiger partial charge is 0.271 e. The van der Waals surface area contributed by atoms with Crippen LogP contribution in [0.4, 0.5) is 17.1 Å². The summed E-state index contributed by atoms with van der Waals surface area (Å²) >= 11 is 0. The highest BCUT2D eigenvalue weighted by molar-refractivity contribution is 5.91. The van der Waals surface area contributed by atoms with Gasteiger partial charge < -0.3 is 10.6 Å². The molecule has 2 rings (SSSR count). The second-order valence-corrected chi connectivity index (χ2v) is 8.59. The van der Waals surface area contributed by atoms with Crippen LogP contribution in [-0.4, -0.2) is 16.7 Å². The molecule has 2 amide bonds. The zero-order chi connectivity index (χ0) is 24.8. The predicted molar refractivity (Wildman–Crippen MR) is 138 cm³/mol. The lowest BCUT2D eigenvalue weighted by molar-refractivity contribution is -0.384. The van der Waals surface area contributed by atoms with Crippen LogP contribution in [0, 0.1) is 10.1 Å². The normalized spacial score (nSPS) is 10.5. The van der Waals surface area contributed by atoms with Crippen molar-refractivity contribution in [3.05, 3.63) is 70.8 Å². The van der Waals surface area contributed by atoms with Crippen molar-refractivity contribution in [3.63, 3.8) is 0 Å². The number of unbranched alkanes of at least 4 members (excludes halogenated alkanes) is 7. The number of allylic oxidation sites excluding steroid dienone is 1. The van der Waals surface area contributed by atoms with Gasteiger partial charge in [-0.2, -0.15) is 0 Å². The Balaban J connectivity index is 1.47. The monoisotopic (exact) mass is 465 g/mol. The summed E-state index contributed by atoms with van der Waals surface area (Å²) in [5.41, 5.74) is 3.23. The van der Waals surface area contributed by atoms with Gasteiger partial charge in [0, 0.05) is 36.3 Å². The molecule has 0 aliphatic carbocycles. The van der Waals surface area contributed by atoms with Gasteiger partial charge in [-0.1, -0.05) is 68.9 Å². The Morgan fingerprint density at radius 2 is 1.26 bits per heavy atom. The lowest BCUT2D eigenvalue weighted by Crippen LogP contribution is -2.11.